The third-order valence-electron chi connectivity index (χ3n) is 3.09. The standard InChI is InChI=1S/C15H16N4/c1-11-6-7-12-4-3-5-14(15(12)17-11)19-9-8-13(18-19)10-16-2/h3-9,16H,10H2,1-2H3. The average Bonchev–Trinajstić information content (AvgIpc) is 2.87. The van der Waals surface area contributed by atoms with Crippen molar-refractivity contribution in [1.29, 1.82) is 0 Å². The highest BCUT2D eigenvalue weighted by molar-refractivity contribution is 5.86. The molecular weight excluding hydrogens is 236 g/mol. The molecule has 4 nitrogen and oxygen atoms in total. The van der Waals surface area contributed by atoms with E-state index in [1.54, 1.807) is 0 Å². The molecule has 0 fully saturated rings. The number of aryl methyl sites for hydroxylation is 1. The summed E-state index contributed by atoms with van der Waals surface area (Å²) in [4.78, 5) is 4.63. The molecule has 0 aliphatic heterocycles. The Balaban J connectivity index is 2.15. The van der Waals surface area contributed by atoms with Gasteiger partial charge in [-0.2, -0.15) is 5.10 Å². The number of pyridine rings is 1. The molecule has 0 unspecified atom stereocenters. The first-order chi connectivity index (χ1) is 9.28. The van der Waals surface area contributed by atoms with Gasteiger partial charge in [-0.05, 0) is 32.2 Å². The fourth-order valence-corrected chi connectivity index (χ4v) is 2.19. The van der Waals surface area contributed by atoms with Crippen molar-refractivity contribution in [3.05, 3.63) is 54.0 Å². The number of aromatic nitrogens is 3. The van der Waals surface area contributed by atoms with Crippen molar-refractivity contribution >= 4 is 10.9 Å². The van der Waals surface area contributed by atoms with E-state index in [-0.39, 0.29) is 0 Å². The fraction of sp³-hybridized carbons (Fsp3) is 0.200. The van der Waals surface area contributed by atoms with Crippen LogP contribution in [0.3, 0.4) is 0 Å². The molecule has 0 saturated carbocycles. The summed E-state index contributed by atoms with van der Waals surface area (Å²) in [7, 11) is 1.92. The van der Waals surface area contributed by atoms with Crippen molar-refractivity contribution < 1.29 is 0 Å². The summed E-state index contributed by atoms with van der Waals surface area (Å²) in [5.41, 5.74) is 4.04. The van der Waals surface area contributed by atoms with Gasteiger partial charge in [0.2, 0.25) is 0 Å². The molecule has 0 spiro atoms. The molecule has 0 radical (unpaired) electrons. The van der Waals surface area contributed by atoms with Crippen molar-refractivity contribution in [3.63, 3.8) is 0 Å². The molecule has 1 N–H and O–H groups in total. The van der Waals surface area contributed by atoms with E-state index in [0.29, 0.717) is 0 Å². The Kier molecular flexibility index (Phi) is 3.01. The molecule has 1 aromatic carbocycles. The van der Waals surface area contributed by atoms with E-state index in [2.05, 4.69) is 27.5 Å². The van der Waals surface area contributed by atoms with Crippen LogP contribution in [0.4, 0.5) is 0 Å². The first kappa shape index (κ1) is 11.9. The van der Waals surface area contributed by atoms with Crippen LogP contribution in [0, 0.1) is 6.92 Å². The fourth-order valence-electron chi connectivity index (χ4n) is 2.19. The van der Waals surface area contributed by atoms with Gasteiger partial charge in [0.15, 0.2) is 0 Å². The number of nitrogens with zero attached hydrogens (tertiary/aromatic N) is 3. The highest BCUT2D eigenvalue weighted by Crippen LogP contribution is 2.20. The Bertz CT molecular complexity index is 715. The van der Waals surface area contributed by atoms with Crippen LogP contribution >= 0.6 is 0 Å². The van der Waals surface area contributed by atoms with Crippen LogP contribution < -0.4 is 5.32 Å². The van der Waals surface area contributed by atoms with Crippen LogP contribution in [-0.2, 0) is 6.54 Å². The van der Waals surface area contributed by atoms with Gasteiger partial charge >= 0.3 is 0 Å². The third kappa shape index (κ3) is 2.22. The molecule has 2 aromatic heterocycles. The number of rotatable bonds is 3. The third-order valence-corrected chi connectivity index (χ3v) is 3.09. The summed E-state index contributed by atoms with van der Waals surface area (Å²) in [6, 6.07) is 12.3. The van der Waals surface area contributed by atoms with E-state index in [1.807, 2.05) is 49.1 Å². The molecule has 0 atom stereocenters. The first-order valence-electron chi connectivity index (χ1n) is 6.34. The largest absolute Gasteiger partial charge is 0.314 e. The van der Waals surface area contributed by atoms with Crippen LogP contribution in [-0.4, -0.2) is 21.8 Å². The lowest BCUT2D eigenvalue weighted by atomic mass is 10.2. The van der Waals surface area contributed by atoms with Gasteiger partial charge in [0, 0.05) is 23.8 Å². The van der Waals surface area contributed by atoms with Crippen molar-refractivity contribution in [1.82, 2.24) is 20.1 Å². The molecule has 0 bridgehead atoms. The van der Waals surface area contributed by atoms with Crippen molar-refractivity contribution in [2.75, 3.05) is 7.05 Å². The van der Waals surface area contributed by atoms with Crippen LogP contribution in [0.15, 0.2) is 42.6 Å². The zero-order valence-electron chi connectivity index (χ0n) is 11.1. The van der Waals surface area contributed by atoms with Crippen molar-refractivity contribution in [2.24, 2.45) is 0 Å². The van der Waals surface area contributed by atoms with E-state index in [4.69, 9.17) is 0 Å². The van der Waals surface area contributed by atoms with E-state index in [0.717, 1.165) is 34.5 Å². The molecular formula is C15H16N4. The molecule has 4 heteroatoms. The van der Waals surface area contributed by atoms with Crippen molar-refractivity contribution in [2.45, 2.75) is 13.5 Å². The van der Waals surface area contributed by atoms with Gasteiger partial charge in [0.05, 0.1) is 16.9 Å². The molecule has 0 aliphatic rings. The maximum atomic E-state index is 4.63. The number of para-hydroxylation sites is 1. The lowest BCUT2D eigenvalue weighted by Crippen LogP contribution is -2.06. The summed E-state index contributed by atoms with van der Waals surface area (Å²) in [5.74, 6) is 0. The molecule has 0 saturated heterocycles. The molecule has 0 aliphatic carbocycles. The lowest BCUT2D eigenvalue weighted by molar-refractivity contribution is 0.758. The first-order valence-corrected chi connectivity index (χ1v) is 6.34. The highest BCUT2D eigenvalue weighted by Gasteiger charge is 2.06. The van der Waals surface area contributed by atoms with Gasteiger partial charge in [0.25, 0.3) is 0 Å². The Labute approximate surface area is 112 Å². The zero-order chi connectivity index (χ0) is 13.2. The van der Waals surface area contributed by atoms with Crippen LogP contribution in [0.5, 0.6) is 0 Å². The summed E-state index contributed by atoms with van der Waals surface area (Å²) in [6.45, 7) is 2.77. The average molecular weight is 252 g/mol. The lowest BCUT2D eigenvalue weighted by Gasteiger charge is -2.06. The number of hydrogen-bond donors (Lipinski definition) is 1. The zero-order valence-corrected chi connectivity index (χ0v) is 11.1. The van der Waals surface area contributed by atoms with Crippen LogP contribution in [0.2, 0.25) is 0 Å². The highest BCUT2D eigenvalue weighted by atomic mass is 15.3. The van der Waals surface area contributed by atoms with E-state index >= 15 is 0 Å². The molecule has 3 aromatic rings. The second-order valence-corrected chi connectivity index (χ2v) is 4.58. The second kappa shape index (κ2) is 4.82. The van der Waals surface area contributed by atoms with Crippen molar-refractivity contribution in [3.8, 4) is 5.69 Å². The Morgan fingerprint density at radius 2 is 2.05 bits per heavy atom. The molecule has 19 heavy (non-hydrogen) atoms. The van der Waals surface area contributed by atoms with E-state index < -0.39 is 0 Å². The van der Waals surface area contributed by atoms with Crippen LogP contribution in [0.1, 0.15) is 11.4 Å². The predicted molar refractivity (Wildman–Crippen MR) is 76.4 cm³/mol. The Morgan fingerprint density at radius 1 is 1.16 bits per heavy atom. The number of benzene rings is 1. The molecule has 3 rings (SSSR count). The second-order valence-electron chi connectivity index (χ2n) is 4.58. The minimum absolute atomic E-state index is 0.768. The quantitative estimate of drug-likeness (QED) is 0.778. The van der Waals surface area contributed by atoms with Gasteiger partial charge in [-0.25, -0.2) is 4.68 Å². The topological polar surface area (TPSA) is 42.7 Å². The summed E-state index contributed by atoms with van der Waals surface area (Å²) >= 11 is 0. The molecule has 2 heterocycles. The maximum absolute atomic E-state index is 4.63. The summed E-state index contributed by atoms with van der Waals surface area (Å²) in [5, 5.41) is 8.80. The van der Waals surface area contributed by atoms with E-state index in [9.17, 15) is 0 Å². The number of fused-ring (bicyclic) bond motifs is 1. The predicted octanol–water partition coefficient (Wildman–Crippen LogP) is 2.45. The summed E-state index contributed by atoms with van der Waals surface area (Å²) < 4.78 is 1.89. The SMILES string of the molecule is CNCc1ccn(-c2cccc3ccc(C)nc23)n1. The van der Waals surface area contributed by atoms with Gasteiger partial charge in [-0.15, -0.1) is 0 Å². The summed E-state index contributed by atoms with van der Waals surface area (Å²) in [6.07, 6.45) is 1.98. The normalized spacial score (nSPS) is 11.1. The maximum Gasteiger partial charge on any atom is 0.0962 e. The van der Waals surface area contributed by atoms with Gasteiger partial charge in [-0.1, -0.05) is 18.2 Å². The van der Waals surface area contributed by atoms with Gasteiger partial charge in [0.1, 0.15) is 0 Å². The Morgan fingerprint density at radius 3 is 2.89 bits per heavy atom. The number of nitrogens with one attached hydrogen (secondary N) is 1. The molecule has 96 valence electrons. The number of hydrogen-bond acceptors (Lipinski definition) is 3. The van der Waals surface area contributed by atoms with Gasteiger partial charge in [-0.3, -0.25) is 4.98 Å². The van der Waals surface area contributed by atoms with Gasteiger partial charge < -0.3 is 5.32 Å². The monoisotopic (exact) mass is 252 g/mol. The van der Waals surface area contributed by atoms with E-state index in [1.165, 1.54) is 0 Å². The minimum Gasteiger partial charge on any atom is -0.314 e. The Hall–Kier alpha value is -2.20. The van der Waals surface area contributed by atoms with Crippen LogP contribution in [0.25, 0.3) is 16.6 Å². The minimum atomic E-state index is 0.768. The molecule has 0 amide bonds. The smallest absolute Gasteiger partial charge is 0.0962 e.